The number of nitrogens with one attached hydrogen (secondary N) is 1. The molecule has 1 rings (SSSR count). The monoisotopic (exact) mass is 272 g/mol. The number of hydrogen-bond donors (Lipinski definition) is 1. The van der Waals surface area contributed by atoms with Crippen molar-refractivity contribution in [2.75, 3.05) is 6.61 Å². The Morgan fingerprint density at radius 2 is 2.05 bits per heavy atom. The van der Waals surface area contributed by atoms with Crippen LogP contribution in [-0.4, -0.2) is 41.2 Å². The molecular formula is C12H20N2O5. The molecule has 7 nitrogen and oxygen atoms in total. The number of hydrazine groups is 1. The average molecular weight is 272 g/mol. The standard InChI is InChI=1S/C12H20N2O5/c1-5-18-10(16)7-8-6-9(15)14(8)13-11(17)19-12(2,3)4/h8H,5-7H2,1-4H3,(H,13,17). The lowest BCUT2D eigenvalue weighted by Crippen LogP contribution is -2.62. The van der Waals surface area contributed by atoms with Crippen molar-refractivity contribution in [3.63, 3.8) is 0 Å². The van der Waals surface area contributed by atoms with Crippen molar-refractivity contribution in [2.45, 2.75) is 52.2 Å². The number of ether oxygens (including phenoxy) is 2. The largest absolute Gasteiger partial charge is 0.466 e. The summed E-state index contributed by atoms with van der Waals surface area (Å²) in [4.78, 5) is 34.2. The molecule has 1 N–H and O–H groups in total. The van der Waals surface area contributed by atoms with Crippen molar-refractivity contribution in [3.05, 3.63) is 0 Å². The van der Waals surface area contributed by atoms with Gasteiger partial charge in [-0.15, -0.1) is 0 Å². The fourth-order valence-corrected chi connectivity index (χ4v) is 1.61. The van der Waals surface area contributed by atoms with Crippen molar-refractivity contribution in [1.29, 1.82) is 0 Å². The predicted octanol–water partition coefficient (Wildman–Crippen LogP) is 0.980. The Labute approximate surface area is 112 Å². The van der Waals surface area contributed by atoms with E-state index in [1.165, 1.54) is 0 Å². The summed E-state index contributed by atoms with van der Waals surface area (Å²) in [7, 11) is 0. The Morgan fingerprint density at radius 1 is 1.42 bits per heavy atom. The van der Waals surface area contributed by atoms with E-state index in [1.807, 2.05) is 0 Å². The van der Waals surface area contributed by atoms with Gasteiger partial charge in [-0.25, -0.2) is 15.2 Å². The molecule has 0 aromatic rings. The van der Waals surface area contributed by atoms with Crippen LogP contribution < -0.4 is 5.43 Å². The van der Waals surface area contributed by atoms with Crippen molar-refractivity contribution >= 4 is 18.0 Å². The van der Waals surface area contributed by atoms with Crippen molar-refractivity contribution in [1.82, 2.24) is 10.4 Å². The van der Waals surface area contributed by atoms with Crippen molar-refractivity contribution in [3.8, 4) is 0 Å². The lowest BCUT2D eigenvalue weighted by Gasteiger charge is -2.39. The Kier molecular flexibility index (Phi) is 4.74. The summed E-state index contributed by atoms with van der Waals surface area (Å²) >= 11 is 0. The van der Waals surface area contributed by atoms with Crippen LogP contribution in [0.25, 0.3) is 0 Å². The van der Waals surface area contributed by atoms with Gasteiger partial charge in [0.1, 0.15) is 5.60 Å². The molecule has 0 radical (unpaired) electrons. The zero-order valence-electron chi connectivity index (χ0n) is 11.7. The second-order valence-corrected chi connectivity index (χ2v) is 5.24. The van der Waals surface area contributed by atoms with E-state index in [0.29, 0.717) is 6.61 Å². The average Bonchev–Trinajstić information content (AvgIpc) is 2.23. The van der Waals surface area contributed by atoms with E-state index >= 15 is 0 Å². The van der Waals surface area contributed by atoms with Crippen LogP contribution in [0.15, 0.2) is 0 Å². The summed E-state index contributed by atoms with van der Waals surface area (Å²) in [5.74, 6) is -0.642. The molecule has 0 bridgehead atoms. The van der Waals surface area contributed by atoms with Crippen LogP contribution in [0.2, 0.25) is 0 Å². The van der Waals surface area contributed by atoms with Crippen LogP contribution in [0.3, 0.4) is 0 Å². The smallest absolute Gasteiger partial charge is 0.426 e. The molecule has 1 heterocycles. The van der Waals surface area contributed by atoms with Gasteiger partial charge in [-0.05, 0) is 27.7 Å². The quantitative estimate of drug-likeness (QED) is 0.609. The summed E-state index contributed by atoms with van der Waals surface area (Å²) in [6.45, 7) is 7.17. The van der Waals surface area contributed by atoms with Crippen LogP contribution in [0, 0.1) is 0 Å². The first kappa shape index (κ1) is 15.3. The summed E-state index contributed by atoms with van der Waals surface area (Å²) in [6.07, 6.45) is -0.432. The second kappa shape index (κ2) is 5.90. The van der Waals surface area contributed by atoms with Gasteiger partial charge in [0, 0.05) is 0 Å². The molecule has 7 heteroatoms. The van der Waals surface area contributed by atoms with E-state index in [2.05, 4.69) is 5.43 Å². The van der Waals surface area contributed by atoms with E-state index < -0.39 is 17.7 Å². The normalized spacial score (nSPS) is 18.6. The van der Waals surface area contributed by atoms with E-state index in [4.69, 9.17) is 9.47 Å². The molecule has 0 aromatic heterocycles. The first-order valence-corrected chi connectivity index (χ1v) is 6.20. The minimum Gasteiger partial charge on any atom is -0.466 e. The lowest BCUT2D eigenvalue weighted by molar-refractivity contribution is -0.157. The maximum absolute atomic E-state index is 11.5. The van der Waals surface area contributed by atoms with Gasteiger partial charge in [0.25, 0.3) is 0 Å². The Balaban J connectivity index is 2.45. The third-order valence-corrected chi connectivity index (χ3v) is 2.36. The number of rotatable bonds is 4. The van der Waals surface area contributed by atoms with Crippen LogP contribution in [0.5, 0.6) is 0 Å². The molecule has 1 saturated heterocycles. The Hall–Kier alpha value is -1.79. The van der Waals surface area contributed by atoms with E-state index in [1.54, 1.807) is 27.7 Å². The van der Waals surface area contributed by atoms with Gasteiger partial charge in [0.15, 0.2) is 0 Å². The minimum absolute atomic E-state index is 0.0649. The molecular weight excluding hydrogens is 252 g/mol. The van der Waals surface area contributed by atoms with Crippen molar-refractivity contribution in [2.24, 2.45) is 0 Å². The molecule has 1 unspecified atom stereocenters. The highest BCUT2D eigenvalue weighted by Gasteiger charge is 2.39. The van der Waals surface area contributed by atoms with Gasteiger partial charge in [-0.1, -0.05) is 0 Å². The predicted molar refractivity (Wildman–Crippen MR) is 65.9 cm³/mol. The van der Waals surface area contributed by atoms with Gasteiger partial charge in [-0.2, -0.15) is 0 Å². The molecule has 1 aliphatic rings. The molecule has 108 valence electrons. The number of carbonyl (C=O) groups is 3. The molecule has 0 spiro atoms. The van der Waals surface area contributed by atoms with Gasteiger partial charge >= 0.3 is 12.1 Å². The molecule has 19 heavy (non-hydrogen) atoms. The topological polar surface area (TPSA) is 84.9 Å². The van der Waals surface area contributed by atoms with Crippen molar-refractivity contribution < 1.29 is 23.9 Å². The Morgan fingerprint density at radius 3 is 2.53 bits per heavy atom. The summed E-state index contributed by atoms with van der Waals surface area (Å²) in [5.41, 5.74) is 1.69. The van der Waals surface area contributed by atoms with Crippen LogP contribution in [0.4, 0.5) is 4.79 Å². The van der Waals surface area contributed by atoms with Crippen LogP contribution in [0.1, 0.15) is 40.5 Å². The zero-order valence-corrected chi connectivity index (χ0v) is 11.7. The number of nitrogens with zero attached hydrogens (tertiary/aromatic N) is 1. The van der Waals surface area contributed by atoms with Crippen LogP contribution in [-0.2, 0) is 19.1 Å². The molecule has 1 aliphatic heterocycles. The van der Waals surface area contributed by atoms with Gasteiger partial charge in [-0.3, -0.25) is 9.59 Å². The highest BCUT2D eigenvalue weighted by Crippen LogP contribution is 2.20. The second-order valence-electron chi connectivity index (χ2n) is 5.24. The van der Waals surface area contributed by atoms with E-state index in [-0.39, 0.29) is 24.8 Å². The molecule has 0 aliphatic carbocycles. The summed E-state index contributed by atoms with van der Waals surface area (Å²) < 4.78 is 9.83. The number of carbonyl (C=O) groups excluding carboxylic acids is 3. The first-order valence-electron chi connectivity index (χ1n) is 6.20. The Bertz CT molecular complexity index is 375. The van der Waals surface area contributed by atoms with Gasteiger partial charge in [0.05, 0.1) is 25.5 Å². The van der Waals surface area contributed by atoms with E-state index in [0.717, 1.165) is 5.01 Å². The first-order chi connectivity index (χ1) is 8.73. The fraction of sp³-hybridized carbons (Fsp3) is 0.750. The minimum atomic E-state index is -0.714. The number of esters is 1. The lowest BCUT2D eigenvalue weighted by atomic mass is 10.0. The van der Waals surface area contributed by atoms with Gasteiger partial charge < -0.3 is 9.47 Å². The highest BCUT2D eigenvalue weighted by molar-refractivity contribution is 5.87. The van der Waals surface area contributed by atoms with Crippen LogP contribution >= 0.6 is 0 Å². The molecule has 2 amide bonds. The summed E-state index contributed by atoms with van der Waals surface area (Å²) in [6, 6.07) is -0.362. The third kappa shape index (κ3) is 4.76. The molecule has 1 atom stereocenters. The molecule has 0 aromatic carbocycles. The molecule has 1 fully saturated rings. The number of β-lactam (4-membered cyclic amide) rings is 1. The number of amides is 2. The van der Waals surface area contributed by atoms with Gasteiger partial charge in [0.2, 0.25) is 5.91 Å². The fourth-order valence-electron chi connectivity index (χ4n) is 1.61. The van der Waals surface area contributed by atoms with E-state index in [9.17, 15) is 14.4 Å². The summed E-state index contributed by atoms with van der Waals surface area (Å²) in [5, 5.41) is 1.12. The third-order valence-electron chi connectivity index (χ3n) is 2.36. The zero-order chi connectivity index (χ0) is 14.6. The highest BCUT2D eigenvalue weighted by atomic mass is 16.6. The maximum atomic E-state index is 11.5. The molecule has 0 saturated carbocycles. The SMILES string of the molecule is CCOC(=O)CC1CC(=O)N1NC(=O)OC(C)(C)C. The number of hydrogen-bond acceptors (Lipinski definition) is 5. The maximum Gasteiger partial charge on any atom is 0.426 e.